The summed E-state index contributed by atoms with van der Waals surface area (Å²) >= 11 is 0. The molecule has 1 fully saturated rings. The summed E-state index contributed by atoms with van der Waals surface area (Å²) < 4.78 is 10.3. The number of amides is 1. The molecule has 1 aliphatic rings. The van der Waals surface area contributed by atoms with Crippen molar-refractivity contribution in [3.05, 3.63) is 23.8 Å². The van der Waals surface area contributed by atoms with E-state index in [4.69, 9.17) is 9.47 Å². The molecule has 1 heterocycles. The Labute approximate surface area is 106 Å². The predicted octanol–water partition coefficient (Wildman–Crippen LogP) is 0.795. The SMILES string of the molecule is COc1ccc(OC)c(C(=O)N[C@@H]2CCNC2)c1. The average molecular weight is 250 g/mol. The van der Waals surface area contributed by atoms with Crippen LogP contribution in [0.4, 0.5) is 0 Å². The van der Waals surface area contributed by atoms with Gasteiger partial charge < -0.3 is 20.1 Å². The summed E-state index contributed by atoms with van der Waals surface area (Å²) in [6.45, 7) is 1.76. The molecule has 5 nitrogen and oxygen atoms in total. The van der Waals surface area contributed by atoms with Crippen LogP contribution in [0, 0.1) is 0 Å². The van der Waals surface area contributed by atoms with Gasteiger partial charge in [-0.15, -0.1) is 0 Å². The standard InChI is InChI=1S/C13H18N2O3/c1-17-10-3-4-12(18-2)11(7-10)13(16)15-9-5-6-14-8-9/h3-4,7,9,14H,5-6,8H2,1-2H3,(H,15,16)/t9-/m1/s1. The molecule has 0 aromatic heterocycles. The van der Waals surface area contributed by atoms with Gasteiger partial charge in [-0.25, -0.2) is 0 Å². The lowest BCUT2D eigenvalue weighted by molar-refractivity contribution is 0.0936. The molecular formula is C13H18N2O3. The first kappa shape index (κ1) is 12.7. The summed E-state index contributed by atoms with van der Waals surface area (Å²) in [7, 11) is 3.13. The number of hydrogen-bond donors (Lipinski definition) is 2. The third-order valence-corrected chi connectivity index (χ3v) is 3.05. The number of carbonyl (C=O) groups excluding carboxylic acids is 1. The highest BCUT2D eigenvalue weighted by Gasteiger charge is 2.20. The third-order valence-electron chi connectivity index (χ3n) is 3.05. The van der Waals surface area contributed by atoms with Gasteiger partial charge in [0.2, 0.25) is 0 Å². The van der Waals surface area contributed by atoms with Gasteiger partial charge in [0.05, 0.1) is 19.8 Å². The molecule has 1 saturated heterocycles. The second-order valence-electron chi connectivity index (χ2n) is 4.23. The van der Waals surface area contributed by atoms with Gasteiger partial charge in [-0.2, -0.15) is 0 Å². The molecule has 1 aromatic rings. The Morgan fingerprint density at radius 2 is 2.22 bits per heavy atom. The molecule has 0 radical (unpaired) electrons. The Balaban J connectivity index is 2.16. The molecule has 1 atom stereocenters. The van der Waals surface area contributed by atoms with E-state index in [-0.39, 0.29) is 11.9 Å². The van der Waals surface area contributed by atoms with E-state index in [1.54, 1.807) is 32.4 Å². The van der Waals surface area contributed by atoms with E-state index in [1.807, 2.05) is 0 Å². The maximum absolute atomic E-state index is 12.2. The fourth-order valence-corrected chi connectivity index (χ4v) is 2.03. The Morgan fingerprint density at radius 1 is 1.39 bits per heavy atom. The number of carbonyl (C=O) groups is 1. The normalized spacial score (nSPS) is 18.4. The predicted molar refractivity (Wildman–Crippen MR) is 68.3 cm³/mol. The topological polar surface area (TPSA) is 59.6 Å². The van der Waals surface area contributed by atoms with E-state index in [0.29, 0.717) is 17.1 Å². The molecular weight excluding hydrogens is 232 g/mol. The molecule has 0 saturated carbocycles. The van der Waals surface area contributed by atoms with E-state index in [2.05, 4.69) is 10.6 Å². The molecule has 0 bridgehead atoms. The molecule has 0 spiro atoms. The minimum absolute atomic E-state index is 0.126. The quantitative estimate of drug-likeness (QED) is 0.829. The third kappa shape index (κ3) is 2.73. The molecule has 2 rings (SSSR count). The van der Waals surface area contributed by atoms with Gasteiger partial charge in [-0.05, 0) is 31.2 Å². The Morgan fingerprint density at radius 3 is 2.83 bits per heavy atom. The molecule has 98 valence electrons. The summed E-state index contributed by atoms with van der Waals surface area (Å²) in [5.41, 5.74) is 0.503. The highest BCUT2D eigenvalue weighted by atomic mass is 16.5. The van der Waals surface area contributed by atoms with Crippen molar-refractivity contribution in [3.63, 3.8) is 0 Å². The Hall–Kier alpha value is -1.75. The Bertz CT molecular complexity index is 428. The first-order chi connectivity index (χ1) is 8.74. The van der Waals surface area contributed by atoms with Crippen LogP contribution in [-0.2, 0) is 0 Å². The second kappa shape index (κ2) is 5.73. The highest BCUT2D eigenvalue weighted by Crippen LogP contribution is 2.24. The maximum atomic E-state index is 12.2. The van der Waals surface area contributed by atoms with Crippen molar-refractivity contribution >= 4 is 5.91 Å². The van der Waals surface area contributed by atoms with Crippen LogP contribution in [0.2, 0.25) is 0 Å². The second-order valence-corrected chi connectivity index (χ2v) is 4.23. The first-order valence-corrected chi connectivity index (χ1v) is 5.98. The zero-order valence-corrected chi connectivity index (χ0v) is 10.7. The highest BCUT2D eigenvalue weighted by molar-refractivity contribution is 5.97. The summed E-state index contributed by atoms with van der Waals surface area (Å²) in [6.07, 6.45) is 0.956. The van der Waals surface area contributed by atoms with Gasteiger partial charge >= 0.3 is 0 Å². The van der Waals surface area contributed by atoms with Gasteiger partial charge in [-0.3, -0.25) is 4.79 Å². The number of nitrogens with one attached hydrogen (secondary N) is 2. The fourth-order valence-electron chi connectivity index (χ4n) is 2.03. The van der Waals surface area contributed by atoms with Crippen LogP contribution in [0.3, 0.4) is 0 Å². The van der Waals surface area contributed by atoms with Crippen molar-refractivity contribution in [2.24, 2.45) is 0 Å². The van der Waals surface area contributed by atoms with E-state index in [0.717, 1.165) is 19.5 Å². The fraction of sp³-hybridized carbons (Fsp3) is 0.462. The van der Waals surface area contributed by atoms with Crippen LogP contribution in [0.15, 0.2) is 18.2 Å². The number of methoxy groups -OCH3 is 2. The molecule has 1 aliphatic heterocycles. The first-order valence-electron chi connectivity index (χ1n) is 5.98. The zero-order valence-electron chi connectivity index (χ0n) is 10.7. The van der Waals surface area contributed by atoms with E-state index in [1.165, 1.54) is 0 Å². The minimum Gasteiger partial charge on any atom is -0.497 e. The van der Waals surface area contributed by atoms with Crippen molar-refractivity contribution in [1.82, 2.24) is 10.6 Å². The van der Waals surface area contributed by atoms with E-state index >= 15 is 0 Å². The van der Waals surface area contributed by atoms with Gasteiger partial charge in [0.25, 0.3) is 5.91 Å². The van der Waals surface area contributed by atoms with Crippen LogP contribution >= 0.6 is 0 Å². The number of rotatable bonds is 4. The van der Waals surface area contributed by atoms with Crippen molar-refractivity contribution in [2.75, 3.05) is 27.3 Å². The van der Waals surface area contributed by atoms with Gasteiger partial charge in [0, 0.05) is 12.6 Å². The van der Waals surface area contributed by atoms with Gasteiger partial charge in [-0.1, -0.05) is 0 Å². The molecule has 0 aliphatic carbocycles. The Kier molecular flexibility index (Phi) is 4.04. The summed E-state index contributed by atoms with van der Waals surface area (Å²) in [4.78, 5) is 12.2. The molecule has 1 amide bonds. The van der Waals surface area contributed by atoms with Crippen molar-refractivity contribution in [1.29, 1.82) is 0 Å². The van der Waals surface area contributed by atoms with Crippen LogP contribution in [0.5, 0.6) is 11.5 Å². The molecule has 5 heteroatoms. The maximum Gasteiger partial charge on any atom is 0.255 e. The van der Waals surface area contributed by atoms with Crippen molar-refractivity contribution < 1.29 is 14.3 Å². The van der Waals surface area contributed by atoms with Crippen molar-refractivity contribution in [2.45, 2.75) is 12.5 Å². The largest absolute Gasteiger partial charge is 0.497 e. The van der Waals surface area contributed by atoms with Crippen molar-refractivity contribution in [3.8, 4) is 11.5 Å². The smallest absolute Gasteiger partial charge is 0.255 e. The monoisotopic (exact) mass is 250 g/mol. The number of ether oxygens (including phenoxy) is 2. The summed E-state index contributed by atoms with van der Waals surface area (Å²) in [5.74, 6) is 1.07. The zero-order chi connectivity index (χ0) is 13.0. The van der Waals surface area contributed by atoms with Crippen LogP contribution in [0.1, 0.15) is 16.8 Å². The summed E-state index contributed by atoms with van der Waals surface area (Å²) in [5, 5.41) is 6.19. The molecule has 2 N–H and O–H groups in total. The number of hydrogen-bond acceptors (Lipinski definition) is 4. The van der Waals surface area contributed by atoms with Gasteiger partial charge in [0.1, 0.15) is 11.5 Å². The lowest BCUT2D eigenvalue weighted by Gasteiger charge is -2.14. The van der Waals surface area contributed by atoms with Crippen LogP contribution in [-0.4, -0.2) is 39.3 Å². The average Bonchev–Trinajstić information content (AvgIpc) is 2.90. The molecule has 18 heavy (non-hydrogen) atoms. The minimum atomic E-state index is -0.126. The van der Waals surface area contributed by atoms with E-state index < -0.39 is 0 Å². The van der Waals surface area contributed by atoms with E-state index in [9.17, 15) is 4.79 Å². The summed E-state index contributed by atoms with van der Waals surface area (Å²) in [6, 6.07) is 5.39. The van der Waals surface area contributed by atoms with Crippen LogP contribution < -0.4 is 20.1 Å². The lowest BCUT2D eigenvalue weighted by atomic mass is 10.1. The molecule has 1 aromatic carbocycles. The van der Waals surface area contributed by atoms with Gasteiger partial charge in [0.15, 0.2) is 0 Å². The van der Waals surface area contributed by atoms with Crippen LogP contribution in [0.25, 0.3) is 0 Å². The number of benzene rings is 1. The molecule has 0 unspecified atom stereocenters. The lowest BCUT2D eigenvalue weighted by Crippen LogP contribution is -2.36.